The predicted molar refractivity (Wildman–Crippen MR) is 135 cm³/mol. The number of guanidine groups is 1. The van der Waals surface area contributed by atoms with Gasteiger partial charge in [0.2, 0.25) is 5.91 Å². The molecule has 0 radical (unpaired) electrons. The number of nitrogens with one attached hydrogen (secondary N) is 2. The number of hydrogen-bond acceptors (Lipinski definition) is 7. The molecule has 1 aromatic rings. The molecule has 1 aliphatic heterocycles. The first-order valence-electron chi connectivity index (χ1n) is 12.1. The van der Waals surface area contributed by atoms with E-state index in [1.54, 1.807) is 20.8 Å². The summed E-state index contributed by atoms with van der Waals surface area (Å²) >= 11 is 0. The fraction of sp³-hybridized carbons (Fsp3) is 0.560. The summed E-state index contributed by atoms with van der Waals surface area (Å²) in [6.07, 6.45) is 1.31. The highest BCUT2D eigenvalue weighted by Crippen LogP contribution is 2.24. The Labute approximate surface area is 212 Å². The summed E-state index contributed by atoms with van der Waals surface area (Å²) in [5.41, 5.74) is 11.5. The molecular weight excluding hydrogens is 464 g/mol. The molecule has 0 spiro atoms. The number of nitrogens with zero attached hydrogens (tertiary/aromatic N) is 2. The molecule has 0 aliphatic carbocycles. The molecule has 3 atom stereocenters. The van der Waals surface area contributed by atoms with Crippen LogP contribution < -0.4 is 16.8 Å². The van der Waals surface area contributed by atoms with Crippen molar-refractivity contribution in [2.45, 2.75) is 76.6 Å². The normalized spacial score (nSPS) is 17.1. The van der Waals surface area contributed by atoms with E-state index in [0.29, 0.717) is 45.1 Å². The van der Waals surface area contributed by atoms with Gasteiger partial charge in [0.1, 0.15) is 17.9 Å². The number of hydrogen-bond donors (Lipinski definition) is 4. The van der Waals surface area contributed by atoms with Gasteiger partial charge in [0.25, 0.3) is 5.91 Å². The predicted octanol–water partition coefficient (Wildman–Crippen LogP) is 1.14. The fourth-order valence-corrected chi connectivity index (χ4v) is 4.11. The van der Waals surface area contributed by atoms with E-state index in [9.17, 15) is 19.2 Å². The largest absolute Gasteiger partial charge is 0.443 e. The van der Waals surface area contributed by atoms with Gasteiger partial charge in [-0.1, -0.05) is 30.3 Å². The molecule has 0 saturated carbocycles. The molecule has 11 heteroatoms. The van der Waals surface area contributed by atoms with Crippen molar-refractivity contribution in [2.24, 2.45) is 11.5 Å². The zero-order valence-electron chi connectivity index (χ0n) is 21.2. The minimum absolute atomic E-state index is 0.142. The van der Waals surface area contributed by atoms with Gasteiger partial charge in [-0.3, -0.25) is 15.0 Å². The number of rotatable bonds is 10. The van der Waals surface area contributed by atoms with Crippen molar-refractivity contribution in [3.63, 3.8) is 0 Å². The van der Waals surface area contributed by atoms with E-state index in [1.165, 1.54) is 4.90 Å². The van der Waals surface area contributed by atoms with E-state index >= 15 is 0 Å². The van der Waals surface area contributed by atoms with E-state index < -0.39 is 35.7 Å². The van der Waals surface area contributed by atoms with Crippen LogP contribution in [0.1, 0.15) is 52.0 Å². The van der Waals surface area contributed by atoms with Crippen LogP contribution in [-0.4, -0.2) is 76.8 Å². The Morgan fingerprint density at radius 1 is 1.28 bits per heavy atom. The summed E-state index contributed by atoms with van der Waals surface area (Å²) < 4.78 is 5.44. The van der Waals surface area contributed by atoms with Crippen LogP contribution in [0.3, 0.4) is 0 Å². The van der Waals surface area contributed by atoms with Crippen molar-refractivity contribution in [1.82, 2.24) is 15.1 Å². The van der Waals surface area contributed by atoms with E-state index in [2.05, 4.69) is 5.32 Å². The number of ether oxygens (including phenoxy) is 1. The number of imide groups is 1. The molecule has 2 rings (SSSR count). The summed E-state index contributed by atoms with van der Waals surface area (Å²) in [7, 11) is 0. The summed E-state index contributed by atoms with van der Waals surface area (Å²) in [4.78, 5) is 54.2. The van der Waals surface area contributed by atoms with Crippen LogP contribution in [-0.2, 0) is 25.5 Å². The van der Waals surface area contributed by atoms with Crippen molar-refractivity contribution in [3.05, 3.63) is 35.9 Å². The highest BCUT2D eigenvalue weighted by molar-refractivity contribution is 6.00. The number of aldehydes is 1. The molecule has 0 aromatic heterocycles. The van der Waals surface area contributed by atoms with E-state index in [-0.39, 0.29) is 18.3 Å². The molecule has 1 aliphatic rings. The van der Waals surface area contributed by atoms with Crippen LogP contribution in [0.5, 0.6) is 0 Å². The van der Waals surface area contributed by atoms with E-state index in [1.807, 2.05) is 30.3 Å². The number of carbonyl (C=O) groups is 4. The SMILES string of the molecule is CC(C)(C)OC(=O)N(C(=O)[C@@H]1CCCN1C(=O)[C@H](N)Cc1ccccc1)[C@H](C=O)CCCNC(=N)N. The lowest BCUT2D eigenvalue weighted by molar-refractivity contribution is -0.146. The van der Waals surface area contributed by atoms with E-state index in [4.69, 9.17) is 21.6 Å². The van der Waals surface area contributed by atoms with Crippen molar-refractivity contribution >= 4 is 30.2 Å². The van der Waals surface area contributed by atoms with Crippen LogP contribution in [0.4, 0.5) is 4.79 Å². The first kappa shape index (κ1) is 28.8. The van der Waals surface area contributed by atoms with Crippen molar-refractivity contribution in [2.75, 3.05) is 13.1 Å². The second-order valence-electron chi connectivity index (χ2n) is 9.86. The lowest BCUT2D eigenvalue weighted by Gasteiger charge is -2.34. The molecule has 0 unspecified atom stereocenters. The average molecular weight is 503 g/mol. The fourth-order valence-electron chi connectivity index (χ4n) is 4.11. The smallest absolute Gasteiger partial charge is 0.417 e. The molecule has 1 fully saturated rings. The Kier molecular flexibility index (Phi) is 10.4. The third kappa shape index (κ3) is 8.33. The Hall–Kier alpha value is -3.47. The third-order valence-corrected chi connectivity index (χ3v) is 5.75. The molecule has 1 aromatic carbocycles. The summed E-state index contributed by atoms with van der Waals surface area (Å²) in [5.74, 6) is -1.27. The minimum atomic E-state index is -1.10. The molecule has 6 N–H and O–H groups in total. The first-order valence-corrected chi connectivity index (χ1v) is 12.1. The monoisotopic (exact) mass is 502 g/mol. The zero-order chi connectivity index (χ0) is 26.9. The van der Waals surface area contributed by atoms with Crippen molar-refractivity contribution in [1.29, 1.82) is 5.41 Å². The van der Waals surface area contributed by atoms with Crippen LogP contribution in [0, 0.1) is 5.41 Å². The maximum atomic E-state index is 13.7. The highest BCUT2D eigenvalue weighted by atomic mass is 16.6. The van der Waals surface area contributed by atoms with Gasteiger partial charge < -0.3 is 31.2 Å². The van der Waals surface area contributed by atoms with Crippen molar-refractivity contribution < 1.29 is 23.9 Å². The van der Waals surface area contributed by atoms with Gasteiger partial charge in [-0.05, 0) is 58.4 Å². The van der Waals surface area contributed by atoms with Gasteiger partial charge in [0.15, 0.2) is 5.96 Å². The first-order chi connectivity index (χ1) is 16.9. The second kappa shape index (κ2) is 13.0. The number of benzene rings is 1. The Morgan fingerprint density at radius 2 is 1.94 bits per heavy atom. The standard InChI is InChI=1S/C25H38N6O5/c1-25(2,3)36-24(35)31(18(16-32)11-7-13-29-23(27)28)22(34)20-12-8-14-30(20)21(33)19(26)15-17-9-5-4-6-10-17/h4-6,9-10,16,18-20H,7-8,11-15,26H2,1-3H3,(H4,27,28,29)/t18-,19+,20-/m0/s1. The quantitative estimate of drug-likeness (QED) is 0.160. The van der Waals surface area contributed by atoms with Crippen LogP contribution >= 0.6 is 0 Å². The van der Waals surface area contributed by atoms with Gasteiger partial charge in [0, 0.05) is 13.1 Å². The average Bonchev–Trinajstić information content (AvgIpc) is 3.29. The Morgan fingerprint density at radius 3 is 2.53 bits per heavy atom. The highest BCUT2D eigenvalue weighted by Gasteiger charge is 2.43. The summed E-state index contributed by atoms with van der Waals surface area (Å²) in [5, 5.41) is 9.86. The topological polar surface area (TPSA) is 172 Å². The zero-order valence-corrected chi connectivity index (χ0v) is 21.2. The maximum Gasteiger partial charge on any atom is 0.417 e. The molecule has 1 heterocycles. The molecule has 198 valence electrons. The molecule has 11 nitrogen and oxygen atoms in total. The molecule has 36 heavy (non-hydrogen) atoms. The summed E-state index contributed by atoms with van der Waals surface area (Å²) in [6, 6.07) is 6.46. The molecular formula is C25H38N6O5. The van der Waals surface area contributed by atoms with Gasteiger partial charge in [-0.15, -0.1) is 0 Å². The van der Waals surface area contributed by atoms with Gasteiger partial charge >= 0.3 is 6.09 Å². The lowest BCUT2D eigenvalue weighted by Crippen LogP contribution is -2.57. The van der Waals surface area contributed by atoms with Crippen LogP contribution in [0.15, 0.2) is 30.3 Å². The number of carbonyl (C=O) groups excluding carboxylic acids is 4. The van der Waals surface area contributed by atoms with Crippen molar-refractivity contribution in [3.8, 4) is 0 Å². The number of likely N-dealkylation sites (tertiary alicyclic amines) is 1. The second-order valence-corrected chi connectivity index (χ2v) is 9.86. The van der Waals surface area contributed by atoms with Crippen LogP contribution in [0.2, 0.25) is 0 Å². The van der Waals surface area contributed by atoms with Crippen LogP contribution in [0.25, 0.3) is 0 Å². The minimum Gasteiger partial charge on any atom is -0.443 e. The van der Waals surface area contributed by atoms with Gasteiger partial charge in [-0.25, -0.2) is 9.69 Å². The molecule has 3 amide bonds. The number of nitrogens with two attached hydrogens (primary N) is 2. The lowest BCUT2D eigenvalue weighted by atomic mass is 10.0. The maximum absolute atomic E-state index is 13.7. The molecule has 0 bridgehead atoms. The molecule has 1 saturated heterocycles. The van der Waals surface area contributed by atoms with Gasteiger partial charge in [-0.2, -0.15) is 0 Å². The van der Waals surface area contributed by atoms with E-state index in [0.717, 1.165) is 10.5 Å². The Bertz CT molecular complexity index is 933. The summed E-state index contributed by atoms with van der Waals surface area (Å²) in [6.45, 7) is 5.60. The Balaban J connectivity index is 2.22. The van der Waals surface area contributed by atoms with Gasteiger partial charge in [0.05, 0.1) is 12.1 Å². The third-order valence-electron chi connectivity index (χ3n) is 5.75. The number of amides is 3.